The molecule has 0 aromatic heterocycles. The Morgan fingerprint density at radius 3 is 2.74 bits per heavy atom. The van der Waals surface area contributed by atoms with Crippen molar-refractivity contribution < 1.29 is 9.53 Å². The van der Waals surface area contributed by atoms with E-state index in [1.165, 1.54) is 16.8 Å². The lowest BCUT2D eigenvalue weighted by molar-refractivity contribution is -0.132. The number of carbonyl (C=O) groups excluding carboxylic acids is 1. The van der Waals surface area contributed by atoms with Gasteiger partial charge in [0.2, 0.25) is 5.91 Å². The molecule has 1 N–H and O–H groups in total. The summed E-state index contributed by atoms with van der Waals surface area (Å²) in [5.74, 6) is 0.244. The second kappa shape index (κ2) is 7.32. The minimum Gasteiger partial charge on any atom is -0.378 e. The van der Waals surface area contributed by atoms with Gasteiger partial charge in [-0.3, -0.25) is 4.79 Å². The number of nitrogens with zero attached hydrogens (tertiary/aromatic N) is 2. The van der Waals surface area contributed by atoms with Crippen molar-refractivity contribution in [2.45, 2.75) is 26.3 Å². The van der Waals surface area contributed by atoms with Crippen LogP contribution in [0.5, 0.6) is 0 Å². The number of benzene rings is 1. The van der Waals surface area contributed by atoms with E-state index in [1.54, 1.807) is 0 Å². The molecule has 5 nitrogen and oxygen atoms in total. The van der Waals surface area contributed by atoms with Crippen molar-refractivity contribution >= 4 is 11.6 Å². The quantitative estimate of drug-likeness (QED) is 0.913. The molecule has 3 rings (SSSR count). The van der Waals surface area contributed by atoms with Gasteiger partial charge in [0.15, 0.2) is 0 Å². The standard InChI is InChI=1S/C18H27N3O2/c1-14-4-3-5-17(15(14)2)20-7-9-21(10-8-20)18(22)12-16-13-23-11-6-19-16/h3-5,16,19H,6-13H2,1-2H3. The Morgan fingerprint density at radius 1 is 1.26 bits per heavy atom. The highest BCUT2D eigenvalue weighted by molar-refractivity contribution is 5.77. The van der Waals surface area contributed by atoms with Gasteiger partial charge in [-0.25, -0.2) is 0 Å². The molecule has 0 radical (unpaired) electrons. The molecule has 1 aromatic rings. The van der Waals surface area contributed by atoms with E-state index in [0.717, 1.165) is 39.3 Å². The fraction of sp³-hybridized carbons (Fsp3) is 0.611. The van der Waals surface area contributed by atoms with Crippen molar-refractivity contribution in [3.63, 3.8) is 0 Å². The van der Waals surface area contributed by atoms with Crippen molar-refractivity contribution in [2.24, 2.45) is 0 Å². The number of aryl methyl sites for hydroxylation is 1. The molecule has 1 aromatic carbocycles. The van der Waals surface area contributed by atoms with E-state index in [2.05, 4.69) is 42.3 Å². The van der Waals surface area contributed by atoms with Crippen LogP contribution in [-0.4, -0.2) is 62.8 Å². The third-order valence-electron chi connectivity index (χ3n) is 4.97. The van der Waals surface area contributed by atoms with Gasteiger partial charge < -0.3 is 19.9 Å². The summed E-state index contributed by atoms with van der Waals surface area (Å²) < 4.78 is 5.43. The number of carbonyl (C=O) groups is 1. The highest BCUT2D eigenvalue weighted by Crippen LogP contribution is 2.24. The Kier molecular flexibility index (Phi) is 5.18. The first-order valence-corrected chi connectivity index (χ1v) is 8.55. The first kappa shape index (κ1) is 16.3. The van der Waals surface area contributed by atoms with Crippen LogP contribution in [-0.2, 0) is 9.53 Å². The van der Waals surface area contributed by atoms with Gasteiger partial charge in [0.05, 0.1) is 13.2 Å². The second-order valence-corrected chi connectivity index (χ2v) is 6.52. The molecule has 0 bridgehead atoms. The van der Waals surface area contributed by atoms with E-state index in [-0.39, 0.29) is 11.9 Å². The molecule has 0 aliphatic carbocycles. The van der Waals surface area contributed by atoms with E-state index in [4.69, 9.17) is 4.74 Å². The van der Waals surface area contributed by atoms with Gasteiger partial charge in [0, 0.05) is 50.9 Å². The van der Waals surface area contributed by atoms with E-state index < -0.39 is 0 Å². The number of amides is 1. The first-order chi connectivity index (χ1) is 11.1. The zero-order valence-corrected chi connectivity index (χ0v) is 14.2. The number of nitrogens with one attached hydrogen (secondary N) is 1. The topological polar surface area (TPSA) is 44.8 Å². The Labute approximate surface area is 138 Å². The van der Waals surface area contributed by atoms with Gasteiger partial charge in [0.1, 0.15) is 0 Å². The Hall–Kier alpha value is -1.59. The van der Waals surface area contributed by atoms with Crippen LogP contribution in [0.2, 0.25) is 0 Å². The predicted octanol–water partition coefficient (Wildman–Crippen LogP) is 1.33. The molecule has 2 aliphatic heterocycles. The zero-order chi connectivity index (χ0) is 16.2. The Bertz CT molecular complexity index is 547. The molecule has 2 aliphatic rings. The smallest absolute Gasteiger partial charge is 0.224 e. The highest BCUT2D eigenvalue weighted by Gasteiger charge is 2.25. The number of rotatable bonds is 3. The predicted molar refractivity (Wildman–Crippen MR) is 91.9 cm³/mol. The maximum Gasteiger partial charge on any atom is 0.224 e. The fourth-order valence-corrected chi connectivity index (χ4v) is 3.37. The fourth-order valence-electron chi connectivity index (χ4n) is 3.37. The van der Waals surface area contributed by atoms with Crippen molar-refractivity contribution in [1.82, 2.24) is 10.2 Å². The number of hydrogen-bond donors (Lipinski definition) is 1. The number of piperazine rings is 1. The summed E-state index contributed by atoms with van der Waals surface area (Å²) in [6.07, 6.45) is 0.545. The van der Waals surface area contributed by atoms with Gasteiger partial charge in [-0.1, -0.05) is 12.1 Å². The summed E-state index contributed by atoms with van der Waals surface area (Å²) in [5.41, 5.74) is 3.97. The number of anilines is 1. The SMILES string of the molecule is Cc1cccc(N2CCN(C(=O)CC3COCCN3)CC2)c1C. The third kappa shape index (κ3) is 3.85. The molecule has 2 heterocycles. The molecular formula is C18H27N3O2. The van der Waals surface area contributed by atoms with Crippen LogP contribution >= 0.6 is 0 Å². The second-order valence-electron chi connectivity index (χ2n) is 6.52. The zero-order valence-electron chi connectivity index (χ0n) is 14.2. The lowest BCUT2D eigenvalue weighted by atomic mass is 10.1. The summed E-state index contributed by atoms with van der Waals surface area (Å²) in [7, 11) is 0. The molecule has 0 saturated carbocycles. The Morgan fingerprint density at radius 2 is 2.04 bits per heavy atom. The van der Waals surface area contributed by atoms with Gasteiger partial charge >= 0.3 is 0 Å². The molecule has 23 heavy (non-hydrogen) atoms. The molecule has 1 amide bonds. The Balaban J connectivity index is 1.53. The molecule has 2 fully saturated rings. The van der Waals surface area contributed by atoms with E-state index in [1.807, 2.05) is 4.90 Å². The first-order valence-electron chi connectivity index (χ1n) is 8.55. The van der Waals surface area contributed by atoms with Gasteiger partial charge in [-0.2, -0.15) is 0 Å². The molecule has 2 saturated heterocycles. The van der Waals surface area contributed by atoms with Crippen LogP contribution < -0.4 is 10.2 Å². The van der Waals surface area contributed by atoms with E-state index in [0.29, 0.717) is 13.0 Å². The average molecular weight is 317 g/mol. The third-order valence-corrected chi connectivity index (χ3v) is 4.97. The summed E-state index contributed by atoms with van der Waals surface area (Å²) in [4.78, 5) is 16.8. The largest absolute Gasteiger partial charge is 0.378 e. The van der Waals surface area contributed by atoms with Gasteiger partial charge in [0.25, 0.3) is 0 Å². The maximum absolute atomic E-state index is 12.4. The average Bonchev–Trinajstić information content (AvgIpc) is 2.58. The molecular weight excluding hydrogens is 290 g/mol. The summed E-state index contributed by atoms with van der Waals surface area (Å²) in [6.45, 7) is 10.00. The van der Waals surface area contributed by atoms with Crippen molar-refractivity contribution in [3.05, 3.63) is 29.3 Å². The molecule has 1 atom stereocenters. The minimum absolute atomic E-state index is 0.174. The monoisotopic (exact) mass is 317 g/mol. The van der Waals surface area contributed by atoms with Crippen LogP contribution in [0.25, 0.3) is 0 Å². The van der Waals surface area contributed by atoms with Gasteiger partial charge in [-0.05, 0) is 31.0 Å². The summed E-state index contributed by atoms with van der Waals surface area (Å²) >= 11 is 0. The highest BCUT2D eigenvalue weighted by atomic mass is 16.5. The van der Waals surface area contributed by atoms with Gasteiger partial charge in [-0.15, -0.1) is 0 Å². The van der Waals surface area contributed by atoms with Crippen LogP contribution in [0.1, 0.15) is 17.5 Å². The molecule has 1 unspecified atom stereocenters. The maximum atomic E-state index is 12.4. The minimum atomic E-state index is 0.174. The van der Waals surface area contributed by atoms with Crippen LogP contribution in [0.15, 0.2) is 18.2 Å². The van der Waals surface area contributed by atoms with Crippen molar-refractivity contribution in [2.75, 3.05) is 50.8 Å². The number of ether oxygens (including phenoxy) is 1. The summed E-state index contributed by atoms with van der Waals surface area (Å²) in [6, 6.07) is 6.62. The van der Waals surface area contributed by atoms with Crippen LogP contribution in [0.3, 0.4) is 0 Å². The molecule has 126 valence electrons. The number of hydrogen-bond acceptors (Lipinski definition) is 4. The van der Waals surface area contributed by atoms with Crippen LogP contribution in [0, 0.1) is 13.8 Å². The van der Waals surface area contributed by atoms with Crippen LogP contribution in [0.4, 0.5) is 5.69 Å². The van der Waals surface area contributed by atoms with E-state index in [9.17, 15) is 4.79 Å². The summed E-state index contributed by atoms with van der Waals surface area (Å²) in [5, 5.41) is 3.35. The lowest BCUT2D eigenvalue weighted by Gasteiger charge is -2.37. The molecule has 0 spiro atoms. The normalized spacial score (nSPS) is 22.3. The van der Waals surface area contributed by atoms with Crippen molar-refractivity contribution in [1.29, 1.82) is 0 Å². The van der Waals surface area contributed by atoms with E-state index >= 15 is 0 Å². The van der Waals surface area contributed by atoms with Crippen molar-refractivity contribution in [3.8, 4) is 0 Å². The number of morpholine rings is 1. The molecule has 5 heteroatoms. The lowest BCUT2D eigenvalue weighted by Crippen LogP contribution is -2.51.